The lowest BCUT2D eigenvalue weighted by Gasteiger charge is -2.40. The van der Waals surface area contributed by atoms with Crippen LogP contribution in [-0.2, 0) is 85.1 Å². The van der Waals surface area contributed by atoms with Gasteiger partial charge in [0, 0.05) is 86.3 Å². The Hall–Kier alpha value is -13.4. The van der Waals surface area contributed by atoms with Crippen molar-refractivity contribution < 1.29 is 68.6 Å². The number of nitrogens with one attached hydrogen (secondary N) is 1. The van der Waals surface area contributed by atoms with Crippen molar-refractivity contribution in [2.45, 2.75) is 158 Å². The fourth-order valence-electron chi connectivity index (χ4n) is 18.9. The standard InChI is InChI=1S/C30H31ClN4O3.C23H30N4O3S.C20H20F3N3OS.C18H18BrF2N3OS.C18H18N4O2S/c1-30(24-11-4-8-21(16-24)22-9-5-12-25(31)17-22)28(37)35(29(32)33-30)18-20-7-3-10-23(15-20)27(36)34-14-6-13-26(34)19-38-2;1-2-3-18-31(29,30)25-16-10-11-17-27-21(28)23(26-22(27)24,19-12-6-4-7-13-19)20-14-8-5-9-15-20;1-19(16(11-6-7-11)17(27)26(2)18(24)25-19)15-9-13(10-28-15)12-4-3-5-14(8-12)20(21,22)23;1-17(12-8-13(19)26-9-12)14(15(25)24(3)16(22)23-17)10-4-6-11(7-5-10)18(2,20)21;1-18(8-16(23)22(2)17(20)21-18)15-7-12(10-25-15)13-6-11(9-19)4-5-14(13)24-3/h3-5,7-12,15-17,26H,6,13-14,18-19H2,1-2H3,(H2,32,33);4-9,12-15,25H,2-3,10-11,16-18H2,1H3,(H2,24,26);3-5,8-11,16H,6-7H2,1-2H3,(H2,24,25);4-9,14H,1-3H3,(H2,22,23);4-7,10H,8H2,1-3H3,(H2,20,21)/t26-,30?;;16-,19+;14-,17+;18-/m1.000/s1. The van der Waals surface area contributed by atoms with E-state index in [4.69, 9.17) is 55.0 Å². The number of unbranched alkanes of at least 4 members (excludes halogenated alkanes) is 2. The number of hydrogen-bond acceptors (Lipinski definition) is 24. The molecule has 0 radical (unpaired) electrons. The van der Waals surface area contributed by atoms with E-state index in [0.717, 1.165) is 115 Å². The maximum absolute atomic E-state index is 13.7. The van der Waals surface area contributed by atoms with Gasteiger partial charge in [-0.25, -0.2) is 46.9 Å². The number of benzene rings is 8. The number of hydrogen-bond donors (Lipinski definition) is 6. The molecule has 148 heavy (non-hydrogen) atoms. The van der Waals surface area contributed by atoms with Crippen LogP contribution in [0.3, 0.4) is 0 Å². The quantitative estimate of drug-likeness (QED) is 0.0206. The number of guanidine groups is 5. The van der Waals surface area contributed by atoms with Crippen molar-refractivity contribution in [3.05, 3.63) is 309 Å². The van der Waals surface area contributed by atoms with Gasteiger partial charge in [0.05, 0.1) is 71.3 Å². The van der Waals surface area contributed by atoms with Gasteiger partial charge in [0.25, 0.3) is 23.6 Å². The first-order valence-corrected chi connectivity index (χ1v) is 53.4. The van der Waals surface area contributed by atoms with E-state index in [-0.39, 0.29) is 107 Å². The lowest BCUT2D eigenvalue weighted by Crippen LogP contribution is -2.54. The summed E-state index contributed by atoms with van der Waals surface area (Å²) < 4.78 is 104. The lowest BCUT2D eigenvalue weighted by atomic mass is 9.75. The number of carbonyl (C=O) groups is 6. The van der Waals surface area contributed by atoms with Gasteiger partial charge in [0.1, 0.15) is 22.4 Å². The third-order valence-electron chi connectivity index (χ3n) is 27.4. The number of methoxy groups -OCH3 is 2. The number of nitrogens with two attached hydrogens (primary N) is 5. The number of amides is 6. The lowest BCUT2D eigenvalue weighted by molar-refractivity contribution is -0.138. The summed E-state index contributed by atoms with van der Waals surface area (Å²) in [5.74, 6) is -2.72. The molecule has 9 heterocycles. The molecule has 1 saturated carbocycles. The number of nitriles is 1. The number of rotatable bonds is 27. The maximum atomic E-state index is 13.7. The van der Waals surface area contributed by atoms with Crippen molar-refractivity contribution in [3.8, 4) is 45.2 Å². The van der Waals surface area contributed by atoms with Gasteiger partial charge in [0.2, 0.25) is 27.7 Å². The van der Waals surface area contributed by atoms with E-state index in [2.05, 4.69) is 51.7 Å². The monoisotopic (exact) mass is 2170 g/mol. The summed E-state index contributed by atoms with van der Waals surface area (Å²) >= 11 is 14.0. The van der Waals surface area contributed by atoms with Gasteiger partial charge in [-0.1, -0.05) is 164 Å². The van der Waals surface area contributed by atoms with Crippen LogP contribution >= 0.6 is 61.5 Å². The molecule has 6 aliphatic heterocycles. The van der Waals surface area contributed by atoms with E-state index >= 15 is 0 Å². The van der Waals surface area contributed by atoms with Gasteiger partial charge >= 0.3 is 6.18 Å². The molecule has 7 aliphatic rings. The molecule has 6 amide bonds. The fraction of sp³-hybridized carbons (Fsp3) is 0.339. The van der Waals surface area contributed by atoms with E-state index < -0.39 is 61.3 Å². The van der Waals surface area contributed by atoms with Crippen LogP contribution in [0.2, 0.25) is 5.02 Å². The summed E-state index contributed by atoms with van der Waals surface area (Å²) in [7, 11) is 4.83. The molecule has 3 aromatic heterocycles. The fourth-order valence-corrected chi connectivity index (χ4v) is 23.7. The van der Waals surface area contributed by atoms with E-state index in [1.807, 2.05) is 200 Å². The Labute approximate surface area is 882 Å². The van der Waals surface area contributed by atoms with Gasteiger partial charge < -0.3 is 43.0 Å². The number of likely N-dealkylation sites (tertiary alicyclic amines) is 1. The van der Waals surface area contributed by atoms with E-state index in [1.165, 1.54) is 76.7 Å². The Morgan fingerprint density at radius 3 is 1.80 bits per heavy atom. The highest BCUT2D eigenvalue weighted by Gasteiger charge is 2.56. The number of halogens is 7. The predicted octanol–water partition coefficient (Wildman–Crippen LogP) is 19.0. The second kappa shape index (κ2) is 45.8. The van der Waals surface area contributed by atoms with Gasteiger partial charge in [-0.15, -0.1) is 34.0 Å². The van der Waals surface area contributed by atoms with Gasteiger partial charge in [0.15, 0.2) is 40.9 Å². The molecule has 1 unspecified atom stereocenters. The highest BCUT2D eigenvalue weighted by atomic mass is 79.9. The second-order valence-electron chi connectivity index (χ2n) is 37.9. The number of likely N-dealkylation sites (N-methyl/N-ethyl adjacent to an activating group) is 1. The molecule has 7 atom stereocenters. The summed E-state index contributed by atoms with van der Waals surface area (Å²) in [6.07, 6.45) is 2.41. The topological polar surface area (TPSA) is 402 Å². The minimum Gasteiger partial charge on any atom is -0.496 e. The smallest absolute Gasteiger partial charge is 0.416 e. The van der Waals surface area contributed by atoms with Crippen molar-refractivity contribution in [2.75, 3.05) is 67.4 Å². The molecule has 2 fully saturated rings. The second-order valence-corrected chi connectivity index (χ2v) is 44.4. The number of sulfonamides is 1. The first-order valence-electron chi connectivity index (χ1n) is 48.0. The summed E-state index contributed by atoms with van der Waals surface area (Å²) in [5, 5.41) is 15.5. The van der Waals surface area contributed by atoms with E-state index in [0.29, 0.717) is 84.1 Å². The first kappa shape index (κ1) is 110. The molecule has 18 rings (SSSR count). The average Bonchev–Trinajstić information content (AvgIpc) is 1.39. The van der Waals surface area contributed by atoms with Crippen LogP contribution in [0.5, 0.6) is 5.75 Å². The summed E-state index contributed by atoms with van der Waals surface area (Å²) in [4.78, 5) is 112. The minimum atomic E-state index is -4.39. The van der Waals surface area contributed by atoms with Crippen molar-refractivity contribution >= 4 is 137 Å². The van der Waals surface area contributed by atoms with Crippen molar-refractivity contribution in [2.24, 2.45) is 65.5 Å². The highest BCUT2D eigenvalue weighted by molar-refractivity contribution is 9.11. The van der Waals surface area contributed by atoms with Crippen LogP contribution in [0.1, 0.15) is 175 Å². The molecule has 8 aromatic carbocycles. The van der Waals surface area contributed by atoms with Crippen molar-refractivity contribution in [1.29, 1.82) is 5.26 Å². The van der Waals surface area contributed by atoms with Crippen LogP contribution in [0.15, 0.2) is 263 Å². The number of ether oxygens (including phenoxy) is 2. The zero-order valence-corrected chi connectivity index (χ0v) is 89.2. The van der Waals surface area contributed by atoms with Crippen LogP contribution in [-0.4, -0.2) is 176 Å². The molecule has 1 aliphatic carbocycles. The van der Waals surface area contributed by atoms with E-state index in [1.54, 1.807) is 78.7 Å². The van der Waals surface area contributed by atoms with Crippen LogP contribution in [0.25, 0.3) is 33.4 Å². The number of nitrogens with zero attached hydrogens (tertiary/aromatic N) is 12. The highest BCUT2D eigenvalue weighted by Crippen LogP contribution is 2.54. The zero-order valence-electron chi connectivity index (χ0n) is 83.5. The summed E-state index contributed by atoms with van der Waals surface area (Å²) in [5.41, 5.74) is 35.3. The zero-order chi connectivity index (χ0) is 107. The molecule has 11 N–H and O–H groups in total. The maximum Gasteiger partial charge on any atom is 0.416 e. The Morgan fingerprint density at radius 1 is 0.588 bits per heavy atom. The van der Waals surface area contributed by atoms with Gasteiger partial charge in [-0.3, -0.25) is 53.3 Å². The number of carbonyl (C=O) groups excluding carboxylic acids is 6. The normalized spacial score (nSPS) is 21.2. The third-order valence-corrected chi connectivity index (χ3v) is 33.0. The third kappa shape index (κ3) is 24.1. The largest absolute Gasteiger partial charge is 0.496 e. The van der Waals surface area contributed by atoms with Gasteiger partial charge in [-0.05, 0) is 251 Å². The Bertz CT molecular complexity index is 7060. The first-order chi connectivity index (χ1) is 70.2. The summed E-state index contributed by atoms with van der Waals surface area (Å²) in [6.45, 7) is 12.4. The van der Waals surface area contributed by atoms with Crippen LogP contribution in [0.4, 0.5) is 22.0 Å². The molecule has 11 aromatic rings. The molecule has 1 saturated heterocycles. The Kier molecular flexibility index (Phi) is 34.1. The number of thiophene rings is 3. The molecular weight excluding hydrogens is 2060 g/mol. The molecule has 776 valence electrons. The molecular formula is C109H117BrClF5N18O10S4. The number of aliphatic imine (C=N–C) groups is 5. The van der Waals surface area contributed by atoms with E-state index in [9.17, 15) is 59.1 Å². The molecule has 39 heteroatoms. The Morgan fingerprint density at radius 2 is 1.19 bits per heavy atom. The average molecular weight is 2180 g/mol. The SMILES string of the molecule is CCCCS(=O)(=O)NCCCCN1C(=O)C(c2ccccc2)(c2ccccc2)N=C1N.CN1C(=O)[C@H](C2CC2)[C@@](C)(c2cc(-c3cccc(C(F)(F)F)c3)cs2)N=C1N.CN1C(=O)[C@H](c2ccc(C(C)(F)F)cc2)[C@@](C)(c2csc(Br)c2)N=C1N.COC[C@H]1CCCN1C(=O)c1cccc(CN2C(=O)C(C)(c3cccc(-c4cccc(Cl)c4)c3)N=C2N)c1.COc1ccc(C#N)cc1-c1csc([C@]2(C)CC(=O)N(C)C(N)=N2)c1. The minimum absolute atomic E-state index is 0.0246. The molecule has 0 spiro atoms. The van der Waals surface area contributed by atoms with Crippen molar-refractivity contribution in [3.63, 3.8) is 0 Å². The van der Waals surface area contributed by atoms with Crippen LogP contribution in [0, 0.1) is 23.2 Å². The number of alkyl halides is 5. The molecule has 0 bridgehead atoms. The predicted molar refractivity (Wildman–Crippen MR) is 574 cm³/mol. The molecule has 28 nitrogen and oxygen atoms in total. The Balaban J connectivity index is 0.000000147. The summed E-state index contributed by atoms with van der Waals surface area (Å²) in [6, 6.07) is 65.9. The van der Waals surface area contributed by atoms with Crippen molar-refractivity contribution in [1.82, 2.24) is 34.1 Å². The van der Waals surface area contributed by atoms with Gasteiger partial charge in [-0.2, -0.15) is 18.4 Å². The van der Waals surface area contributed by atoms with Crippen LogP contribution < -0.4 is 38.1 Å².